The summed E-state index contributed by atoms with van der Waals surface area (Å²) >= 11 is 0. The molecule has 0 aromatic heterocycles. The minimum Gasteiger partial charge on any atom is -0.396 e. The van der Waals surface area contributed by atoms with E-state index in [1.165, 1.54) is 0 Å². The summed E-state index contributed by atoms with van der Waals surface area (Å²) < 4.78 is 0. The summed E-state index contributed by atoms with van der Waals surface area (Å²) in [5, 5.41) is 11.7. The van der Waals surface area contributed by atoms with Crippen molar-refractivity contribution in [1.82, 2.24) is 5.32 Å². The largest absolute Gasteiger partial charge is 0.396 e. The number of nitrogens with one attached hydrogen (secondary N) is 1. The molecule has 0 saturated heterocycles. The third-order valence-corrected chi connectivity index (χ3v) is 4.22. The number of carbonyl (C=O) groups is 2. The summed E-state index contributed by atoms with van der Waals surface area (Å²) in [6.45, 7) is 2.59. The zero-order valence-electron chi connectivity index (χ0n) is 13.0. The molecule has 1 unspecified atom stereocenters. The highest BCUT2D eigenvalue weighted by atomic mass is 16.3. The molecule has 3 rings (SSSR count). The molecular weight excluding hydrogens is 290 g/mol. The molecule has 0 fully saturated rings. The van der Waals surface area contributed by atoms with Crippen molar-refractivity contribution in [1.29, 1.82) is 0 Å². The van der Waals surface area contributed by atoms with Gasteiger partial charge in [0, 0.05) is 29.8 Å². The highest BCUT2D eigenvalue weighted by Crippen LogP contribution is 2.36. The SMILES string of the molecule is CC(CCO)CNC(=O)c1ccc2c(c1)C(=O)c1ccccc1-2. The van der Waals surface area contributed by atoms with Gasteiger partial charge in [-0.05, 0) is 35.6 Å². The molecule has 0 radical (unpaired) electrons. The van der Waals surface area contributed by atoms with Crippen molar-refractivity contribution in [2.75, 3.05) is 13.2 Å². The second kappa shape index (κ2) is 6.34. The average Bonchev–Trinajstić information content (AvgIpc) is 2.86. The first-order valence-corrected chi connectivity index (χ1v) is 7.79. The Morgan fingerprint density at radius 3 is 2.52 bits per heavy atom. The van der Waals surface area contributed by atoms with Gasteiger partial charge in [0.05, 0.1) is 0 Å². The van der Waals surface area contributed by atoms with Crippen molar-refractivity contribution < 1.29 is 14.7 Å². The first kappa shape index (κ1) is 15.4. The Kier molecular flexibility index (Phi) is 4.26. The standard InChI is InChI=1S/C19H19NO3/c1-12(8-9-21)11-20-19(23)13-6-7-15-14-4-2-3-5-16(14)18(22)17(15)10-13/h2-7,10,12,21H,8-9,11H2,1H3,(H,20,23). The van der Waals surface area contributed by atoms with E-state index in [2.05, 4.69) is 5.32 Å². The van der Waals surface area contributed by atoms with Gasteiger partial charge in [-0.15, -0.1) is 0 Å². The zero-order chi connectivity index (χ0) is 16.4. The third kappa shape index (κ3) is 2.90. The predicted molar refractivity (Wildman–Crippen MR) is 88.5 cm³/mol. The van der Waals surface area contributed by atoms with Crippen LogP contribution in [-0.4, -0.2) is 29.9 Å². The molecule has 4 heteroatoms. The maximum atomic E-state index is 12.5. The summed E-state index contributed by atoms with van der Waals surface area (Å²) in [5.74, 6) is -0.00971. The normalized spacial score (nSPS) is 13.4. The number of benzene rings is 2. The van der Waals surface area contributed by atoms with Crippen LogP contribution in [0.5, 0.6) is 0 Å². The Labute approximate surface area is 135 Å². The first-order chi connectivity index (χ1) is 11.1. The molecule has 1 amide bonds. The lowest BCUT2D eigenvalue weighted by molar-refractivity contribution is 0.0945. The molecule has 1 aliphatic carbocycles. The fraction of sp³-hybridized carbons (Fsp3) is 0.263. The second-order valence-electron chi connectivity index (χ2n) is 5.96. The van der Waals surface area contributed by atoms with Crippen LogP contribution >= 0.6 is 0 Å². The maximum absolute atomic E-state index is 12.5. The molecule has 1 atom stereocenters. The topological polar surface area (TPSA) is 66.4 Å². The monoisotopic (exact) mass is 309 g/mol. The van der Waals surface area contributed by atoms with Crippen LogP contribution in [0.2, 0.25) is 0 Å². The lowest BCUT2D eigenvalue weighted by Crippen LogP contribution is -2.28. The van der Waals surface area contributed by atoms with E-state index >= 15 is 0 Å². The highest BCUT2D eigenvalue weighted by Gasteiger charge is 2.26. The number of hydrogen-bond donors (Lipinski definition) is 2. The van der Waals surface area contributed by atoms with Crippen molar-refractivity contribution in [3.8, 4) is 11.1 Å². The highest BCUT2D eigenvalue weighted by molar-refractivity contribution is 6.22. The zero-order valence-corrected chi connectivity index (χ0v) is 13.0. The van der Waals surface area contributed by atoms with E-state index in [1.807, 2.05) is 37.3 Å². The number of carbonyl (C=O) groups excluding carboxylic acids is 2. The van der Waals surface area contributed by atoms with E-state index in [-0.39, 0.29) is 24.2 Å². The van der Waals surface area contributed by atoms with Crippen molar-refractivity contribution >= 4 is 11.7 Å². The average molecular weight is 309 g/mol. The van der Waals surface area contributed by atoms with E-state index in [4.69, 9.17) is 5.11 Å². The molecule has 4 nitrogen and oxygen atoms in total. The first-order valence-electron chi connectivity index (χ1n) is 7.79. The Bertz CT molecular complexity index is 767. The number of amides is 1. The number of aliphatic hydroxyl groups excluding tert-OH is 1. The van der Waals surface area contributed by atoms with E-state index in [0.29, 0.717) is 29.7 Å². The van der Waals surface area contributed by atoms with Gasteiger partial charge in [-0.2, -0.15) is 0 Å². The van der Waals surface area contributed by atoms with Crippen molar-refractivity contribution in [3.63, 3.8) is 0 Å². The van der Waals surface area contributed by atoms with E-state index in [9.17, 15) is 9.59 Å². The Morgan fingerprint density at radius 2 is 1.78 bits per heavy atom. The molecule has 2 aromatic rings. The van der Waals surface area contributed by atoms with Gasteiger partial charge in [0.1, 0.15) is 0 Å². The summed E-state index contributed by atoms with van der Waals surface area (Å²) in [6, 6.07) is 12.8. The Morgan fingerprint density at radius 1 is 1.09 bits per heavy atom. The van der Waals surface area contributed by atoms with Gasteiger partial charge < -0.3 is 10.4 Å². The molecule has 0 saturated carbocycles. The van der Waals surface area contributed by atoms with Crippen LogP contribution in [0, 0.1) is 5.92 Å². The summed E-state index contributed by atoms with van der Waals surface area (Å²) in [5.41, 5.74) is 3.58. The summed E-state index contributed by atoms with van der Waals surface area (Å²) in [7, 11) is 0. The van der Waals surface area contributed by atoms with Crippen LogP contribution < -0.4 is 5.32 Å². The van der Waals surface area contributed by atoms with Gasteiger partial charge in [0.25, 0.3) is 5.91 Å². The van der Waals surface area contributed by atoms with E-state index in [1.54, 1.807) is 12.1 Å². The smallest absolute Gasteiger partial charge is 0.251 e. The number of fused-ring (bicyclic) bond motifs is 3. The van der Waals surface area contributed by atoms with E-state index in [0.717, 1.165) is 11.1 Å². The molecule has 0 aliphatic heterocycles. The predicted octanol–water partition coefficient (Wildman–Crippen LogP) is 2.65. The van der Waals surface area contributed by atoms with Crippen LogP contribution in [-0.2, 0) is 0 Å². The van der Waals surface area contributed by atoms with Crippen LogP contribution in [0.3, 0.4) is 0 Å². The minimum atomic E-state index is -0.193. The number of rotatable bonds is 5. The van der Waals surface area contributed by atoms with Crippen molar-refractivity contribution in [3.05, 3.63) is 59.2 Å². The van der Waals surface area contributed by atoms with Crippen LogP contribution in [0.1, 0.15) is 39.6 Å². The molecule has 23 heavy (non-hydrogen) atoms. The quantitative estimate of drug-likeness (QED) is 0.761. The van der Waals surface area contributed by atoms with Gasteiger partial charge in [-0.3, -0.25) is 9.59 Å². The maximum Gasteiger partial charge on any atom is 0.251 e. The molecule has 0 bridgehead atoms. The molecule has 2 aromatic carbocycles. The fourth-order valence-corrected chi connectivity index (χ4v) is 2.86. The van der Waals surface area contributed by atoms with Crippen molar-refractivity contribution in [2.45, 2.75) is 13.3 Å². The van der Waals surface area contributed by atoms with E-state index < -0.39 is 0 Å². The lowest BCUT2D eigenvalue weighted by atomic mass is 10.0. The molecular formula is C19H19NO3. The number of ketones is 1. The number of aliphatic hydroxyl groups is 1. The lowest BCUT2D eigenvalue weighted by Gasteiger charge is -2.11. The van der Waals surface area contributed by atoms with Gasteiger partial charge in [-0.25, -0.2) is 0 Å². The molecule has 118 valence electrons. The van der Waals surface area contributed by atoms with Crippen LogP contribution in [0.25, 0.3) is 11.1 Å². The molecule has 2 N–H and O–H groups in total. The van der Waals surface area contributed by atoms with Gasteiger partial charge in [0.2, 0.25) is 0 Å². The van der Waals surface area contributed by atoms with Gasteiger partial charge in [-0.1, -0.05) is 37.3 Å². The van der Waals surface area contributed by atoms with Crippen LogP contribution in [0.15, 0.2) is 42.5 Å². The Balaban J connectivity index is 1.80. The third-order valence-electron chi connectivity index (χ3n) is 4.22. The number of hydrogen-bond acceptors (Lipinski definition) is 3. The van der Waals surface area contributed by atoms with Crippen LogP contribution in [0.4, 0.5) is 0 Å². The molecule has 0 spiro atoms. The van der Waals surface area contributed by atoms with Gasteiger partial charge >= 0.3 is 0 Å². The van der Waals surface area contributed by atoms with Crippen molar-refractivity contribution in [2.24, 2.45) is 5.92 Å². The molecule has 1 aliphatic rings. The summed E-state index contributed by atoms with van der Waals surface area (Å²) in [6.07, 6.45) is 0.651. The summed E-state index contributed by atoms with van der Waals surface area (Å²) in [4.78, 5) is 24.7. The fourth-order valence-electron chi connectivity index (χ4n) is 2.86. The minimum absolute atomic E-state index is 0.0288. The Hall–Kier alpha value is -2.46. The molecule has 0 heterocycles. The second-order valence-corrected chi connectivity index (χ2v) is 5.96. The van der Waals surface area contributed by atoms with Gasteiger partial charge in [0.15, 0.2) is 5.78 Å².